The summed E-state index contributed by atoms with van der Waals surface area (Å²) in [6.45, 7) is 6.74. The molecule has 0 aliphatic carbocycles. The van der Waals surface area contributed by atoms with Crippen molar-refractivity contribution >= 4 is 12.0 Å². The Morgan fingerprint density at radius 3 is 2.91 bits per heavy atom. The van der Waals surface area contributed by atoms with Crippen molar-refractivity contribution in [3.63, 3.8) is 0 Å². The van der Waals surface area contributed by atoms with E-state index >= 15 is 0 Å². The highest BCUT2D eigenvalue weighted by Gasteiger charge is 2.24. The first-order chi connectivity index (χ1) is 10.5. The van der Waals surface area contributed by atoms with Gasteiger partial charge in [0, 0.05) is 11.6 Å². The molecule has 1 aliphatic rings. The lowest BCUT2D eigenvalue weighted by Gasteiger charge is -2.17. The Hall–Kier alpha value is -1.72. The molecule has 0 spiro atoms. The quantitative estimate of drug-likeness (QED) is 0.441. The molecule has 2 rings (SSSR count). The summed E-state index contributed by atoms with van der Waals surface area (Å²) in [7, 11) is 0. The molecule has 2 atom stereocenters. The van der Waals surface area contributed by atoms with Crippen LogP contribution in [-0.4, -0.2) is 31.9 Å². The number of aryl methyl sites for hydroxylation is 1. The third kappa shape index (κ3) is 4.39. The second kappa shape index (κ2) is 7.51. The maximum absolute atomic E-state index is 14.4. The van der Waals surface area contributed by atoms with Crippen molar-refractivity contribution in [1.29, 1.82) is 0 Å². The second-order valence-electron chi connectivity index (χ2n) is 5.22. The Labute approximate surface area is 129 Å². The van der Waals surface area contributed by atoms with Crippen molar-refractivity contribution in [1.82, 2.24) is 0 Å². The molecule has 0 aromatic heterocycles. The van der Waals surface area contributed by atoms with E-state index in [1.807, 2.05) is 13.0 Å². The maximum Gasteiger partial charge on any atom is 0.330 e. The average Bonchev–Trinajstić information content (AvgIpc) is 3.30. The second-order valence-corrected chi connectivity index (χ2v) is 5.22. The van der Waals surface area contributed by atoms with E-state index in [-0.39, 0.29) is 24.6 Å². The minimum Gasteiger partial charge on any atom is -0.463 e. The molecule has 1 fully saturated rings. The number of epoxide rings is 1. The maximum atomic E-state index is 14.4. The standard InChI is InChI=1S/C17H21FO4/c1-4-20-16(19)8-7-15-14(6-5-11(2)17(15)18)12(3)21-9-13-10-22-13/h5-8,12-13H,4,9-10H2,1-3H3/b8-7+/t12-,13+/m1/s1. The molecule has 4 nitrogen and oxygen atoms in total. The number of esters is 1. The van der Waals surface area contributed by atoms with Crippen molar-refractivity contribution < 1.29 is 23.4 Å². The molecular weight excluding hydrogens is 287 g/mol. The number of hydrogen-bond acceptors (Lipinski definition) is 4. The zero-order valence-corrected chi connectivity index (χ0v) is 13.1. The van der Waals surface area contributed by atoms with Gasteiger partial charge in [0.05, 0.1) is 25.9 Å². The van der Waals surface area contributed by atoms with Gasteiger partial charge in [-0.05, 0) is 38.0 Å². The number of halogens is 1. The molecule has 1 aromatic rings. The van der Waals surface area contributed by atoms with Gasteiger partial charge in [-0.2, -0.15) is 0 Å². The molecule has 0 unspecified atom stereocenters. The first-order valence-corrected chi connectivity index (χ1v) is 7.40. The first kappa shape index (κ1) is 16.6. The molecule has 0 saturated carbocycles. The minimum absolute atomic E-state index is 0.149. The molecule has 0 bridgehead atoms. The molecule has 22 heavy (non-hydrogen) atoms. The Bertz CT molecular complexity index is 564. The third-order valence-corrected chi connectivity index (χ3v) is 3.45. The largest absolute Gasteiger partial charge is 0.463 e. The Balaban J connectivity index is 2.20. The molecule has 0 N–H and O–H groups in total. The molecule has 1 saturated heterocycles. The lowest BCUT2D eigenvalue weighted by Crippen LogP contribution is -2.09. The summed E-state index contributed by atoms with van der Waals surface area (Å²) in [5.74, 6) is -0.842. The molecule has 1 aromatic carbocycles. The van der Waals surface area contributed by atoms with Crippen LogP contribution in [0.1, 0.15) is 36.6 Å². The minimum atomic E-state index is -0.491. The summed E-state index contributed by atoms with van der Waals surface area (Å²) >= 11 is 0. The SMILES string of the molecule is CCOC(=O)/C=C/c1c([C@@H](C)OC[C@H]2CO2)ccc(C)c1F. The lowest BCUT2D eigenvalue weighted by molar-refractivity contribution is -0.137. The summed E-state index contributed by atoms with van der Waals surface area (Å²) in [5.41, 5.74) is 1.58. The van der Waals surface area contributed by atoms with Crippen molar-refractivity contribution in [2.24, 2.45) is 0 Å². The first-order valence-electron chi connectivity index (χ1n) is 7.40. The van der Waals surface area contributed by atoms with Crippen molar-refractivity contribution in [3.05, 3.63) is 40.7 Å². The molecule has 0 amide bonds. The zero-order chi connectivity index (χ0) is 16.1. The summed E-state index contributed by atoms with van der Waals surface area (Å²) in [6, 6.07) is 3.53. The number of benzene rings is 1. The number of carbonyl (C=O) groups excluding carboxylic acids is 1. The van der Waals surface area contributed by atoms with E-state index in [4.69, 9.17) is 14.2 Å². The van der Waals surface area contributed by atoms with E-state index in [1.54, 1.807) is 19.9 Å². The van der Waals surface area contributed by atoms with Crippen LogP contribution in [0.4, 0.5) is 4.39 Å². The van der Waals surface area contributed by atoms with Crippen LogP contribution in [0.15, 0.2) is 18.2 Å². The van der Waals surface area contributed by atoms with Crippen LogP contribution in [0.3, 0.4) is 0 Å². The number of rotatable bonds is 7. The predicted octanol–water partition coefficient (Wildman–Crippen LogP) is 3.19. The van der Waals surface area contributed by atoms with Crippen LogP contribution >= 0.6 is 0 Å². The Morgan fingerprint density at radius 1 is 1.55 bits per heavy atom. The van der Waals surface area contributed by atoms with Gasteiger partial charge in [0.2, 0.25) is 0 Å². The average molecular weight is 308 g/mol. The molecule has 0 radical (unpaired) electrons. The van der Waals surface area contributed by atoms with Crippen LogP contribution in [0.2, 0.25) is 0 Å². The number of hydrogen-bond donors (Lipinski definition) is 0. The molecule has 120 valence electrons. The monoisotopic (exact) mass is 308 g/mol. The van der Waals surface area contributed by atoms with E-state index in [1.165, 1.54) is 12.2 Å². The summed E-state index contributed by atoms with van der Waals surface area (Å²) < 4.78 is 30.0. The molecular formula is C17H21FO4. The van der Waals surface area contributed by atoms with E-state index in [2.05, 4.69) is 0 Å². The Kier molecular flexibility index (Phi) is 5.69. The summed E-state index contributed by atoms with van der Waals surface area (Å²) in [5, 5.41) is 0. The Morgan fingerprint density at radius 2 is 2.27 bits per heavy atom. The fourth-order valence-electron chi connectivity index (χ4n) is 2.09. The van der Waals surface area contributed by atoms with Crippen LogP contribution < -0.4 is 0 Å². The molecule has 5 heteroatoms. The van der Waals surface area contributed by atoms with Gasteiger partial charge in [0.1, 0.15) is 11.9 Å². The number of carbonyl (C=O) groups is 1. The lowest BCUT2D eigenvalue weighted by atomic mass is 9.99. The fraction of sp³-hybridized carbons (Fsp3) is 0.471. The van der Waals surface area contributed by atoms with Crippen molar-refractivity contribution in [2.75, 3.05) is 19.8 Å². The van der Waals surface area contributed by atoms with Gasteiger partial charge in [-0.15, -0.1) is 0 Å². The van der Waals surface area contributed by atoms with E-state index in [9.17, 15) is 9.18 Å². The van der Waals surface area contributed by atoms with Gasteiger partial charge >= 0.3 is 5.97 Å². The fourth-order valence-corrected chi connectivity index (χ4v) is 2.09. The topological polar surface area (TPSA) is 48.1 Å². The normalized spacial score (nSPS) is 18.5. The summed E-state index contributed by atoms with van der Waals surface area (Å²) in [4.78, 5) is 11.4. The molecule has 1 aliphatic heterocycles. The smallest absolute Gasteiger partial charge is 0.330 e. The number of ether oxygens (including phenoxy) is 3. The van der Waals surface area contributed by atoms with Crippen LogP contribution in [-0.2, 0) is 19.0 Å². The van der Waals surface area contributed by atoms with Crippen LogP contribution in [0.5, 0.6) is 0 Å². The van der Waals surface area contributed by atoms with Gasteiger partial charge in [0.25, 0.3) is 0 Å². The summed E-state index contributed by atoms with van der Waals surface area (Å²) in [6.07, 6.45) is 2.54. The van der Waals surface area contributed by atoms with Crippen molar-refractivity contribution in [3.8, 4) is 0 Å². The van der Waals surface area contributed by atoms with Crippen molar-refractivity contribution in [2.45, 2.75) is 33.0 Å². The van der Waals surface area contributed by atoms with E-state index in [0.29, 0.717) is 29.9 Å². The third-order valence-electron chi connectivity index (χ3n) is 3.45. The van der Waals surface area contributed by atoms with Gasteiger partial charge < -0.3 is 14.2 Å². The van der Waals surface area contributed by atoms with Gasteiger partial charge in [-0.25, -0.2) is 9.18 Å². The van der Waals surface area contributed by atoms with Gasteiger partial charge in [-0.1, -0.05) is 12.1 Å². The van der Waals surface area contributed by atoms with Gasteiger partial charge in [0.15, 0.2) is 0 Å². The molecule has 1 heterocycles. The van der Waals surface area contributed by atoms with E-state index < -0.39 is 5.97 Å². The van der Waals surface area contributed by atoms with Crippen LogP contribution in [0.25, 0.3) is 6.08 Å². The van der Waals surface area contributed by atoms with Crippen LogP contribution in [0, 0.1) is 12.7 Å². The zero-order valence-electron chi connectivity index (χ0n) is 13.1. The highest BCUT2D eigenvalue weighted by molar-refractivity contribution is 5.87. The van der Waals surface area contributed by atoms with Gasteiger partial charge in [-0.3, -0.25) is 0 Å². The predicted molar refractivity (Wildman–Crippen MR) is 80.9 cm³/mol. The van der Waals surface area contributed by atoms with E-state index in [0.717, 1.165) is 0 Å². The highest BCUT2D eigenvalue weighted by atomic mass is 19.1. The highest BCUT2D eigenvalue weighted by Crippen LogP contribution is 2.27.